The normalized spacial score (nSPS) is 16.4. The number of hydrogen-bond donors (Lipinski definition) is 3. The molecular weight excluding hydrogens is 338 g/mol. The zero-order valence-corrected chi connectivity index (χ0v) is 14.1. The van der Waals surface area contributed by atoms with E-state index < -0.39 is 11.9 Å². The lowest BCUT2D eigenvalue weighted by atomic mass is 10.2. The third kappa shape index (κ3) is 3.69. The van der Waals surface area contributed by atoms with Gasteiger partial charge in [-0.1, -0.05) is 18.2 Å². The number of rotatable bonds is 5. The van der Waals surface area contributed by atoms with Gasteiger partial charge in [0.05, 0.1) is 12.8 Å². The molecule has 1 aliphatic heterocycles. The van der Waals surface area contributed by atoms with E-state index in [2.05, 4.69) is 31.2 Å². The first-order chi connectivity index (χ1) is 12.6. The van der Waals surface area contributed by atoms with Crippen LogP contribution in [0.5, 0.6) is 5.88 Å². The van der Waals surface area contributed by atoms with E-state index in [0.29, 0.717) is 11.6 Å². The number of nitrogens with one attached hydrogen (secondary N) is 3. The van der Waals surface area contributed by atoms with Gasteiger partial charge in [-0.2, -0.15) is 4.98 Å². The van der Waals surface area contributed by atoms with Crippen molar-refractivity contribution >= 4 is 29.3 Å². The molecule has 10 heteroatoms. The Morgan fingerprint density at radius 1 is 1.27 bits per heavy atom. The Balaban J connectivity index is 1.70. The van der Waals surface area contributed by atoms with E-state index in [-0.39, 0.29) is 17.7 Å². The molecular formula is C16H17N7O3. The maximum atomic E-state index is 12.4. The van der Waals surface area contributed by atoms with E-state index >= 15 is 0 Å². The zero-order chi connectivity index (χ0) is 18.5. The van der Waals surface area contributed by atoms with Crippen LogP contribution in [0.25, 0.3) is 0 Å². The maximum absolute atomic E-state index is 12.4. The molecule has 0 fully saturated rings. The topological polar surface area (TPSA) is 121 Å². The van der Waals surface area contributed by atoms with Crippen LogP contribution in [0.15, 0.2) is 47.6 Å². The number of hydrogen-bond acceptors (Lipinski definition) is 8. The van der Waals surface area contributed by atoms with Crippen LogP contribution < -0.4 is 26.0 Å². The Hall–Kier alpha value is -3.69. The smallest absolute Gasteiger partial charge is 0.306 e. The number of aromatic nitrogens is 2. The van der Waals surface area contributed by atoms with Gasteiger partial charge in [-0.05, 0) is 19.1 Å². The molecule has 134 valence electrons. The average molecular weight is 355 g/mol. The molecule has 2 aromatic rings. The highest BCUT2D eigenvalue weighted by molar-refractivity contribution is 6.39. The molecule has 1 aromatic heterocycles. The number of benzene rings is 1. The highest BCUT2D eigenvalue weighted by Crippen LogP contribution is 2.15. The minimum absolute atomic E-state index is 0.0173. The molecule has 0 saturated carbocycles. The zero-order valence-electron chi connectivity index (χ0n) is 14.1. The first-order valence-electron chi connectivity index (χ1n) is 7.75. The molecule has 3 rings (SSSR count). The number of methoxy groups -OCH3 is 1. The van der Waals surface area contributed by atoms with Crippen molar-refractivity contribution in [1.82, 2.24) is 20.8 Å². The van der Waals surface area contributed by atoms with Crippen LogP contribution in [0.4, 0.5) is 11.6 Å². The minimum Gasteiger partial charge on any atom is -0.481 e. The third-order valence-electron chi connectivity index (χ3n) is 3.47. The van der Waals surface area contributed by atoms with Gasteiger partial charge < -0.3 is 4.74 Å². The first kappa shape index (κ1) is 17.1. The number of aliphatic imine (C=N–C) groups is 1. The number of amides is 2. The van der Waals surface area contributed by atoms with Crippen molar-refractivity contribution < 1.29 is 14.3 Å². The average Bonchev–Trinajstić information content (AvgIpc) is 2.69. The lowest BCUT2D eigenvalue weighted by Gasteiger charge is -2.30. The highest BCUT2D eigenvalue weighted by Gasteiger charge is 2.30. The molecule has 2 heterocycles. The fraction of sp³-hybridized carbons (Fsp3) is 0.188. The lowest BCUT2D eigenvalue weighted by molar-refractivity contribution is -0.120. The summed E-state index contributed by atoms with van der Waals surface area (Å²) in [5.74, 6) is -0.359. The monoisotopic (exact) mass is 355 g/mol. The Bertz CT molecular complexity index is 841. The van der Waals surface area contributed by atoms with Crippen molar-refractivity contribution in [2.24, 2.45) is 4.99 Å². The van der Waals surface area contributed by atoms with Crippen LogP contribution in [0.1, 0.15) is 6.92 Å². The van der Waals surface area contributed by atoms with E-state index in [1.54, 1.807) is 37.3 Å². The number of anilines is 2. The summed E-state index contributed by atoms with van der Waals surface area (Å²) in [4.78, 5) is 36.7. The highest BCUT2D eigenvalue weighted by atomic mass is 16.5. The van der Waals surface area contributed by atoms with Crippen molar-refractivity contribution in [2.75, 3.05) is 17.5 Å². The molecule has 0 spiro atoms. The summed E-state index contributed by atoms with van der Waals surface area (Å²) in [6, 6.07) is 9.79. The second-order valence-electron chi connectivity index (χ2n) is 5.28. The van der Waals surface area contributed by atoms with E-state index in [1.807, 2.05) is 6.07 Å². The number of carbonyl (C=O) groups excluding carboxylic acids is 2. The summed E-state index contributed by atoms with van der Waals surface area (Å²) in [5, 5.41) is 1.29. The Kier molecular flexibility index (Phi) is 4.92. The predicted molar refractivity (Wildman–Crippen MR) is 94.3 cm³/mol. The second-order valence-corrected chi connectivity index (χ2v) is 5.28. The molecule has 1 aliphatic rings. The van der Waals surface area contributed by atoms with Crippen molar-refractivity contribution in [3.05, 3.63) is 42.6 Å². The Morgan fingerprint density at radius 2 is 2.04 bits per heavy atom. The van der Waals surface area contributed by atoms with Gasteiger partial charge >= 0.3 is 5.91 Å². The largest absolute Gasteiger partial charge is 0.481 e. The van der Waals surface area contributed by atoms with Crippen molar-refractivity contribution in [3.63, 3.8) is 0 Å². The van der Waals surface area contributed by atoms with Crippen LogP contribution >= 0.6 is 0 Å². The molecule has 1 aromatic carbocycles. The minimum atomic E-state index is -0.703. The van der Waals surface area contributed by atoms with Gasteiger partial charge in [0.25, 0.3) is 5.91 Å². The van der Waals surface area contributed by atoms with Gasteiger partial charge in [0.2, 0.25) is 17.7 Å². The van der Waals surface area contributed by atoms with Gasteiger partial charge in [-0.25, -0.2) is 15.0 Å². The fourth-order valence-corrected chi connectivity index (χ4v) is 2.19. The molecule has 26 heavy (non-hydrogen) atoms. The summed E-state index contributed by atoms with van der Waals surface area (Å²) >= 11 is 0. The Morgan fingerprint density at radius 3 is 2.77 bits per heavy atom. The molecule has 2 amide bonds. The van der Waals surface area contributed by atoms with Gasteiger partial charge in [-0.3, -0.25) is 25.9 Å². The van der Waals surface area contributed by atoms with Gasteiger partial charge in [0, 0.05) is 12.3 Å². The maximum Gasteiger partial charge on any atom is 0.306 e. The predicted octanol–water partition coefficient (Wildman–Crippen LogP) is 0.267. The standard InChI is InChI=1S/C16H17N7O3/c1-10-15(25)23(11-6-4-3-5-7-11)22-13(18-10)14(24)20-21-16-17-9-8-12(19-16)26-2/h3-10H,1-2H3,(H,18,22)(H,20,24)(H,17,19,21). The van der Waals surface area contributed by atoms with Crippen LogP contribution in [0.2, 0.25) is 0 Å². The molecule has 1 atom stereocenters. The first-order valence-corrected chi connectivity index (χ1v) is 7.75. The molecule has 0 saturated heterocycles. The molecule has 0 radical (unpaired) electrons. The van der Waals surface area contributed by atoms with E-state index in [9.17, 15) is 9.59 Å². The molecule has 1 unspecified atom stereocenters. The molecule has 3 N–H and O–H groups in total. The quantitative estimate of drug-likeness (QED) is 0.658. The molecule has 10 nitrogen and oxygen atoms in total. The number of carbonyl (C=O) groups is 2. The summed E-state index contributed by atoms with van der Waals surface area (Å²) in [6.45, 7) is 1.62. The third-order valence-corrected chi connectivity index (χ3v) is 3.47. The van der Waals surface area contributed by atoms with Crippen LogP contribution in [0.3, 0.4) is 0 Å². The Labute approximate surface area is 149 Å². The summed E-state index contributed by atoms with van der Waals surface area (Å²) < 4.78 is 4.98. The molecule has 0 bridgehead atoms. The van der Waals surface area contributed by atoms with Crippen LogP contribution in [-0.2, 0) is 9.59 Å². The number of para-hydroxylation sites is 1. The van der Waals surface area contributed by atoms with Gasteiger partial charge in [-0.15, -0.1) is 0 Å². The van der Waals surface area contributed by atoms with Gasteiger partial charge in [0.15, 0.2) is 0 Å². The van der Waals surface area contributed by atoms with Gasteiger partial charge in [0.1, 0.15) is 6.04 Å². The van der Waals surface area contributed by atoms with E-state index in [4.69, 9.17) is 4.74 Å². The molecule has 0 aliphatic carbocycles. The van der Waals surface area contributed by atoms with Crippen molar-refractivity contribution in [2.45, 2.75) is 13.0 Å². The van der Waals surface area contributed by atoms with Crippen molar-refractivity contribution in [1.29, 1.82) is 0 Å². The lowest BCUT2D eigenvalue weighted by Crippen LogP contribution is -2.58. The number of ether oxygens (including phenoxy) is 1. The van der Waals surface area contributed by atoms with Crippen LogP contribution in [-0.4, -0.2) is 40.8 Å². The SMILES string of the molecule is COc1ccnc(NNC(=O)C2=NC(C)C(=O)N(c3ccccc3)N2)n1. The second kappa shape index (κ2) is 7.47. The summed E-state index contributed by atoms with van der Waals surface area (Å²) in [5.41, 5.74) is 8.33. The fourth-order valence-electron chi connectivity index (χ4n) is 2.19. The summed E-state index contributed by atoms with van der Waals surface area (Å²) in [6.07, 6.45) is 1.48. The number of nitrogens with zero attached hydrogens (tertiary/aromatic N) is 4. The summed E-state index contributed by atoms with van der Waals surface area (Å²) in [7, 11) is 1.47. The van der Waals surface area contributed by atoms with Crippen LogP contribution in [0, 0.1) is 0 Å². The number of hydrazine groups is 2. The van der Waals surface area contributed by atoms with Crippen molar-refractivity contribution in [3.8, 4) is 5.88 Å². The van der Waals surface area contributed by atoms with E-state index in [1.165, 1.54) is 18.3 Å². The number of amidine groups is 1. The van der Waals surface area contributed by atoms with E-state index in [0.717, 1.165) is 0 Å².